The molecular weight excluding hydrogens is 380 g/mol. The molecular formula is C24H20N2O2S. The zero-order chi connectivity index (χ0) is 20.0. The molecule has 5 aromatic rings. The Hall–Kier alpha value is -3.18. The van der Waals surface area contributed by atoms with E-state index in [1.165, 1.54) is 11.3 Å². The maximum atomic E-state index is 13.2. The van der Waals surface area contributed by atoms with Crippen LogP contribution >= 0.6 is 11.3 Å². The highest BCUT2D eigenvalue weighted by atomic mass is 32.1. The molecule has 144 valence electrons. The fraction of sp³-hybridized carbons (Fsp3) is 0.167. The van der Waals surface area contributed by atoms with Crippen molar-refractivity contribution in [3.8, 4) is 5.75 Å². The first-order valence-electron chi connectivity index (χ1n) is 9.76. The van der Waals surface area contributed by atoms with Crippen molar-refractivity contribution < 1.29 is 4.74 Å². The van der Waals surface area contributed by atoms with Crippen LogP contribution < -0.4 is 14.8 Å². The molecule has 0 N–H and O–H groups in total. The first kappa shape index (κ1) is 17.9. The molecule has 0 aliphatic carbocycles. The van der Waals surface area contributed by atoms with Crippen molar-refractivity contribution in [1.82, 2.24) is 9.38 Å². The van der Waals surface area contributed by atoms with Crippen LogP contribution in [-0.2, 0) is 0 Å². The molecule has 0 spiro atoms. The van der Waals surface area contributed by atoms with Gasteiger partial charge in [0.25, 0.3) is 5.56 Å². The van der Waals surface area contributed by atoms with Gasteiger partial charge >= 0.3 is 0 Å². The molecule has 0 saturated heterocycles. The van der Waals surface area contributed by atoms with Gasteiger partial charge in [-0.3, -0.25) is 4.79 Å². The molecule has 0 fully saturated rings. The topological polar surface area (TPSA) is 43.6 Å². The lowest BCUT2D eigenvalue weighted by molar-refractivity contribution is 0.217. The van der Waals surface area contributed by atoms with Crippen LogP contribution in [0.1, 0.15) is 25.8 Å². The maximum absolute atomic E-state index is 13.2. The first-order chi connectivity index (χ1) is 14.2. The van der Waals surface area contributed by atoms with Gasteiger partial charge in [-0.2, -0.15) is 0 Å². The van der Waals surface area contributed by atoms with Crippen molar-refractivity contribution in [2.75, 3.05) is 0 Å². The summed E-state index contributed by atoms with van der Waals surface area (Å²) in [6.07, 6.45) is 2.97. The summed E-state index contributed by atoms with van der Waals surface area (Å²) in [6.45, 7) is 4.16. The zero-order valence-electron chi connectivity index (χ0n) is 16.3. The van der Waals surface area contributed by atoms with Crippen LogP contribution in [0.4, 0.5) is 0 Å². The molecule has 2 aromatic heterocycles. The van der Waals surface area contributed by atoms with Crippen molar-refractivity contribution in [3.05, 3.63) is 81.1 Å². The molecule has 5 rings (SSSR count). The van der Waals surface area contributed by atoms with Crippen molar-refractivity contribution in [2.45, 2.75) is 26.4 Å². The average Bonchev–Trinajstić information content (AvgIpc) is 3.25. The second kappa shape index (κ2) is 7.01. The Morgan fingerprint density at radius 2 is 1.90 bits per heavy atom. The Balaban J connectivity index is 1.79. The average molecular weight is 401 g/mol. The Bertz CT molecular complexity index is 1470. The van der Waals surface area contributed by atoms with E-state index in [1.54, 1.807) is 4.40 Å². The standard InChI is InChI=1S/C24H20N2O2S/c1-3-15(2)28-21-13-12-16-8-4-5-9-17(16)18(21)14-22-23(27)26-20-11-7-6-10-19(20)25-24(26)29-22/h4-15H,3H2,1-2H3/b22-14-/t15-/m0/s1. The lowest BCUT2D eigenvalue weighted by Gasteiger charge is -2.16. The lowest BCUT2D eigenvalue weighted by Crippen LogP contribution is -2.23. The van der Waals surface area contributed by atoms with Gasteiger partial charge in [-0.1, -0.05) is 60.7 Å². The predicted octanol–water partition coefficient (Wildman–Crippen LogP) is 4.79. The molecule has 0 bridgehead atoms. The van der Waals surface area contributed by atoms with E-state index in [-0.39, 0.29) is 11.7 Å². The van der Waals surface area contributed by atoms with Gasteiger partial charge in [-0.15, -0.1) is 0 Å². The quantitative estimate of drug-likeness (QED) is 0.436. The number of fused-ring (bicyclic) bond motifs is 4. The number of aromatic nitrogens is 2. The fourth-order valence-electron chi connectivity index (χ4n) is 3.57. The van der Waals surface area contributed by atoms with Crippen LogP contribution in [0.2, 0.25) is 0 Å². The minimum absolute atomic E-state index is 0.0406. The fourth-order valence-corrected chi connectivity index (χ4v) is 4.54. The predicted molar refractivity (Wildman–Crippen MR) is 120 cm³/mol. The third-order valence-corrected chi connectivity index (χ3v) is 6.22. The summed E-state index contributed by atoms with van der Waals surface area (Å²) in [5.74, 6) is 0.799. The molecule has 0 aliphatic heterocycles. The van der Waals surface area contributed by atoms with E-state index in [0.29, 0.717) is 9.49 Å². The summed E-state index contributed by atoms with van der Waals surface area (Å²) in [5, 5.41) is 2.19. The monoisotopic (exact) mass is 400 g/mol. The molecule has 0 unspecified atom stereocenters. The van der Waals surface area contributed by atoms with Crippen LogP contribution in [0.5, 0.6) is 5.75 Å². The minimum Gasteiger partial charge on any atom is -0.490 e. The van der Waals surface area contributed by atoms with Gasteiger partial charge in [0.15, 0.2) is 4.96 Å². The van der Waals surface area contributed by atoms with Crippen molar-refractivity contribution >= 4 is 44.2 Å². The van der Waals surface area contributed by atoms with Gasteiger partial charge in [0.05, 0.1) is 21.7 Å². The molecule has 0 saturated carbocycles. The van der Waals surface area contributed by atoms with E-state index in [2.05, 4.69) is 37.0 Å². The Labute approximate surface area is 171 Å². The summed E-state index contributed by atoms with van der Waals surface area (Å²) < 4.78 is 8.55. The summed E-state index contributed by atoms with van der Waals surface area (Å²) in [6, 6.07) is 20.0. The summed E-state index contributed by atoms with van der Waals surface area (Å²) >= 11 is 1.41. The number of hydrogen-bond donors (Lipinski definition) is 0. The van der Waals surface area contributed by atoms with Crippen molar-refractivity contribution in [1.29, 1.82) is 0 Å². The second-order valence-electron chi connectivity index (χ2n) is 7.17. The van der Waals surface area contributed by atoms with Crippen LogP contribution in [0.3, 0.4) is 0 Å². The normalized spacial score (nSPS) is 13.5. The summed E-state index contributed by atoms with van der Waals surface area (Å²) in [5.41, 5.74) is 2.58. The smallest absolute Gasteiger partial charge is 0.274 e. The SMILES string of the molecule is CC[C@H](C)Oc1ccc2ccccc2c1/C=c1\sc2nc3ccccc3n2c1=O. The van der Waals surface area contributed by atoms with Crippen LogP contribution in [0.15, 0.2) is 65.5 Å². The molecule has 4 nitrogen and oxygen atoms in total. The molecule has 2 heterocycles. The molecule has 1 atom stereocenters. The number of ether oxygens (including phenoxy) is 1. The third kappa shape index (κ3) is 2.98. The first-order valence-corrected chi connectivity index (χ1v) is 10.6. The number of nitrogens with zero attached hydrogens (tertiary/aromatic N) is 2. The number of benzene rings is 3. The highest BCUT2D eigenvalue weighted by Crippen LogP contribution is 2.30. The second-order valence-corrected chi connectivity index (χ2v) is 8.18. The number of hydrogen-bond acceptors (Lipinski definition) is 4. The minimum atomic E-state index is -0.0406. The number of rotatable bonds is 4. The summed E-state index contributed by atoms with van der Waals surface area (Å²) in [7, 11) is 0. The van der Waals surface area contributed by atoms with Gasteiger partial charge in [0, 0.05) is 5.56 Å². The maximum Gasteiger partial charge on any atom is 0.274 e. The van der Waals surface area contributed by atoms with E-state index in [1.807, 2.05) is 48.5 Å². The Morgan fingerprint density at radius 1 is 1.10 bits per heavy atom. The van der Waals surface area contributed by atoms with Gasteiger partial charge in [-0.25, -0.2) is 9.38 Å². The van der Waals surface area contributed by atoms with E-state index in [0.717, 1.165) is 39.5 Å². The van der Waals surface area contributed by atoms with Crippen LogP contribution in [-0.4, -0.2) is 15.5 Å². The molecule has 3 aromatic carbocycles. The van der Waals surface area contributed by atoms with Gasteiger partial charge in [0.1, 0.15) is 5.75 Å². The molecule has 29 heavy (non-hydrogen) atoms. The highest BCUT2D eigenvalue weighted by Gasteiger charge is 2.13. The van der Waals surface area contributed by atoms with E-state index in [9.17, 15) is 4.79 Å². The Kier molecular flexibility index (Phi) is 4.32. The largest absolute Gasteiger partial charge is 0.490 e. The number of imidazole rings is 1. The number of thiazole rings is 1. The van der Waals surface area contributed by atoms with E-state index in [4.69, 9.17) is 4.74 Å². The highest BCUT2D eigenvalue weighted by molar-refractivity contribution is 7.15. The third-order valence-electron chi connectivity index (χ3n) is 5.25. The van der Waals surface area contributed by atoms with Crippen molar-refractivity contribution in [3.63, 3.8) is 0 Å². The van der Waals surface area contributed by atoms with Crippen LogP contribution in [0, 0.1) is 0 Å². The van der Waals surface area contributed by atoms with Crippen LogP contribution in [0.25, 0.3) is 32.8 Å². The lowest BCUT2D eigenvalue weighted by atomic mass is 10.0. The molecule has 5 heteroatoms. The van der Waals surface area contributed by atoms with Crippen molar-refractivity contribution in [2.24, 2.45) is 0 Å². The van der Waals surface area contributed by atoms with Gasteiger partial charge < -0.3 is 4.74 Å². The molecule has 0 amide bonds. The zero-order valence-corrected chi connectivity index (χ0v) is 17.1. The Morgan fingerprint density at radius 3 is 2.76 bits per heavy atom. The van der Waals surface area contributed by atoms with Gasteiger partial charge in [-0.05, 0) is 48.4 Å². The van der Waals surface area contributed by atoms with E-state index >= 15 is 0 Å². The molecule has 0 aliphatic rings. The summed E-state index contributed by atoms with van der Waals surface area (Å²) in [4.78, 5) is 18.5. The van der Waals surface area contributed by atoms with Gasteiger partial charge in [0.2, 0.25) is 0 Å². The van der Waals surface area contributed by atoms with E-state index < -0.39 is 0 Å². The molecule has 0 radical (unpaired) electrons. The number of para-hydroxylation sites is 2.